The number of carbonyl (C=O) groups excluding carboxylic acids is 1. The SMILES string of the molecule is Cc1cc2cc(C(=O)N3CCC[C@@H]3c3ncc[nH]3)oc2cc1C. The molecule has 3 heterocycles. The van der Waals surface area contributed by atoms with E-state index < -0.39 is 0 Å². The van der Waals surface area contributed by atoms with E-state index in [1.165, 1.54) is 11.1 Å². The minimum Gasteiger partial charge on any atom is -0.451 e. The van der Waals surface area contributed by atoms with Gasteiger partial charge < -0.3 is 14.3 Å². The third-order valence-electron chi connectivity index (χ3n) is 4.69. The molecule has 1 aliphatic heterocycles. The second kappa shape index (κ2) is 5.26. The summed E-state index contributed by atoms with van der Waals surface area (Å²) in [4.78, 5) is 22.2. The summed E-state index contributed by atoms with van der Waals surface area (Å²) in [5.74, 6) is 1.19. The quantitative estimate of drug-likeness (QED) is 0.784. The van der Waals surface area contributed by atoms with Gasteiger partial charge in [-0.1, -0.05) is 0 Å². The third-order valence-corrected chi connectivity index (χ3v) is 4.69. The number of fused-ring (bicyclic) bond motifs is 1. The van der Waals surface area contributed by atoms with Crippen molar-refractivity contribution in [2.45, 2.75) is 32.7 Å². The van der Waals surface area contributed by atoms with Crippen molar-refractivity contribution >= 4 is 16.9 Å². The van der Waals surface area contributed by atoms with Crippen molar-refractivity contribution in [1.29, 1.82) is 0 Å². The van der Waals surface area contributed by atoms with Crippen LogP contribution in [0.25, 0.3) is 11.0 Å². The van der Waals surface area contributed by atoms with Crippen LogP contribution in [0.1, 0.15) is 46.4 Å². The Morgan fingerprint density at radius 2 is 2.13 bits per heavy atom. The number of carbonyl (C=O) groups is 1. The summed E-state index contributed by atoms with van der Waals surface area (Å²) in [7, 11) is 0. The van der Waals surface area contributed by atoms with Gasteiger partial charge in [0.1, 0.15) is 11.4 Å². The summed E-state index contributed by atoms with van der Waals surface area (Å²) in [5, 5.41) is 0.977. The number of benzene rings is 1. The summed E-state index contributed by atoms with van der Waals surface area (Å²) in [6.07, 6.45) is 5.43. The predicted octanol–water partition coefficient (Wildman–Crippen LogP) is 3.75. The highest BCUT2D eigenvalue weighted by Crippen LogP contribution is 2.32. The molecule has 4 rings (SSSR count). The Kier molecular flexibility index (Phi) is 3.22. The number of aromatic nitrogens is 2. The minimum absolute atomic E-state index is 0.00850. The van der Waals surface area contributed by atoms with E-state index in [0.717, 1.165) is 36.2 Å². The fourth-order valence-corrected chi connectivity index (χ4v) is 3.30. The van der Waals surface area contributed by atoms with Crippen LogP contribution in [0.3, 0.4) is 0 Å². The highest BCUT2D eigenvalue weighted by Gasteiger charge is 2.33. The maximum absolute atomic E-state index is 12.9. The Morgan fingerprint density at radius 3 is 2.91 bits per heavy atom. The lowest BCUT2D eigenvalue weighted by Gasteiger charge is -2.21. The van der Waals surface area contributed by atoms with Gasteiger partial charge in [0, 0.05) is 24.3 Å². The summed E-state index contributed by atoms with van der Waals surface area (Å²) < 4.78 is 5.82. The van der Waals surface area contributed by atoms with E-state index in [2.05, 4.69) is 23.0 Å². The van der Waals surface area contributed by atoms with Crippen LogP contribution in [0.2, 0.25) is 0 Å². The lowest BCUT2D eigenvalue weighted by Crippen LogP contribution is -2.30. The first-order valence-corrected chi connectivity index (χ1v) is 7.94. The number of amides is 1. The molecule has 0 radical (unpaired) electrons. The number of H-pyrrole nitrogens is 1. The zero-order chi connectivity index (χ0) is 16.0. The van der Waals surface area contributed by atoms with Gasteiger partial charge in [0.25, 0.3) is 5.91 Å². The number of furan rings is 1. The van der Waals surface area contributed by atoms with Crippen LogP contribution in [0, 0.1) is 13.8 Å². The number of imidazole rings is 1. The molecule has 1 aliphatic rings. The van der Waals surface area contributed by atoms with E-state index >= 15 is 0 Å². The van der Waals surface area contributed by atoms with Crippen LogP contribution in [-0.2, 0) is 0 Å². The number of hydrogen-bond acceptors (Lipinski definition) is 3. The van der Waals surface area contributed by atoms with Crippen molar-refractivity contribution in [1.82, 2.24) is 14.9 Å². The van der Waals surface area contributed by atoms with Crippen molar-refractivity contribution < 1.29 is 9.21 Å². The van der Waals surface area contributed by atoms with E-state index in [0.29, 0.717) is 5.76 Å². The number of aromatic amines is 1. The molecule has 0 bridgehead atoms. The Labute approximate surface area is 134 Å². The molecule has 118 valence electrons. The maximum atomic E-state index is 12.9. The number of rotatable bonds is 2. The average Bonchev–Trinajstić information content (AvgIpc) is 3.26. The first-order valence-electron chi connectivity index (χ1n) is 7.94. The van der Waals surface area contributed by atoms with Crippen LogP contribution >= 0.6 is 0 Å². The first kappa shape index (κ1) is 14.1. The van der Waals surface area contributed by atoms with Crippen LogP contribution < -0.4 is 0 Å². The second-order valence-electron chi connectivity index (χ2n) is 6.22. The monoisotopic (exact) mass is 309 g/mol. The van der Waals surface area contributed by atoms with Gasteiger partial charge in [-0.3, -0.25) is 4.79 Å². The Morgan fingerprint density at radius 1 is 1.30 bits per heavy atom. The zero-order valence-corrected chi connectivity index (χ0v) is 13.3. The summed E-state index contributed by atoms with van der Waals surface area (Å²) in [6.45, 7) is 4.85. The Balaban J connectivity index is 1.68. The van der Waals surface area contributed by atoms with E-state index in [1.807, 2.05) is 24.0 Å². The van der Waals surface area contributed by atoms with Crippen LogP contribution in [0.5, 0.6) is 0 Å². The van der Waals surface area contributed by atoms with Gasteiger partial charge in [-0.2, -0.15) is 0 Å². The molecule has 23 heavy (non-hydrogen) atoms. The lowest BCUT2D eigenvalue weighted by molar-refractivity contribution is 0.0700. The predicted molar refractivity (Wildman–Crippen MR) is 87.3 cm³/mol. The molecule has 1 fully saturated rings. The molecule has 0 saturated carbocycles. The maximum Gasteiger partial charge on any atom is 0.290 e. The van der Waals surface area contributed by atoms with Crippen LogP contribution in [0.15, 0.2) is 35.0 Å². The number of likely N-dealkylation sites (tertiary alicyclic amines) is 1. The summed E-state index contributed by atoms with van der Waals surface area (Å²) >= 11 is 0. The van der Waals surface area contributed by atoms with Gasteiger partial charge in [0.2, 0.25) is 0 Å². The summed E-state index contributed by atoms with van der Waals surface area (Å²) in [5.41, 5.74) is 3.14. The molecule has 1 aromatic carbocycles. The molecular formula is C18H19N3O2. The molecule has 5 heteroatoms. The van der Waals surface area contributed by atoms with Gasteiger partial charge in [0.05, 0.1) is 6.04 Å². The van der Waals surface area contributed by atoms with Crippen molar-refractivity contribution in [2.24, 2.45) is 0 Å². The first-order chi connectivity index (χ1) is 11.1. The lowest BCUT2D eigenvalue weighted by atomic mass is 10.1. The van der Waals surface area contributed by atoms with Gasteiger partial charge in [-0.05, 0) is 56.0 Å². The largest absolute Gasteiger partial charge is 0.451 e. The van der Waals surface area contributed by atoms with Crippen molar-refractivity contribution in [3.05, 3.63) is 53.3 Å². The van der Waals surface area contributed by atoms with E-state index in [4.69, 9.17) is 4.42 Å². The Hall–Kier alpha value is -2.56. The molecule has 1 amide bonds. The molecule has 3 aromatic rings. The van der Waals surface area contributed by atoms with Crippen molar-refractivity contribution in [3.8, 4) is 0 Å². The van der Waals surface area contributed by atoms with Crippen molar-refractivity contribution in [3.63, 3.8) is 0 Å². The minimum atomic E-state index is -0.0598. The number of nitrogens with one attached hydrogen (secondary N) is 1. The van der Waals surface area contributed by atoms with Gasteiger partial charge in [0.15, 0.2) is 5.76 Å². The number of aryl methyl sites for hydroxylation is 2. The third kappa shape index (κ3) is 2.32. The van der Waals surface area contributed by atoms with Gasteiger partial charge in [-0.15, -0.1) is 0 Å². The normalized spacial score (nSPS) is 18.0. The van der Waals surface area contributed by atoms with E-state index in [-0.39, 0.29) is 11.9 Å². The fraction of sp³-hybridized carbons (Fsp3) is 0.333. The van der Waals surface area contributed by atoms with Gasteiger partial charge >= 0.3 is 0 Å². The molecule has 5 nitrogen and oxygen atoms in total. The van der Waals surface area contributed by atoms with Gasteiger partial charge in [-0.25, -0.2) is 4.98 Å². The fourth-order valence-electron chi connectivity index (χ4n) is 3.30. The molecule has 2 aromatic heterocycles. The smallest absolute Gasteiger partial charge is 0.290 e. The van der Waals surface area contributed by atoms with Crippen LogP contribution in [-0.4, -0.2) is 27.3 Å². The molecule has 0 unspecified atom stereocenters. The molecule has 1 saturated heterocycles. The number of hydrogen-bond donors (Lipinski definition) is 1. The second-order valence-corrected chi connectivity index (χ2v) is 6.22. The zero-order valence-electron chi connectivity index (χ0n) is 13.3. The van der Waals surface area contributed by atoms with E-state index in [1.54, 1.807) is 12.4 Å². The number of nitrogens with zero attached hydrogens (tertiary/aromatic N) is 2. The molecular weight excluding hydrogens is 290 g/mol. The molecule has 0 aliphatic carbocycles. The average molecular weight is 309 g/mol. The van der Waals surface area contributed by atoms with E-state index in [9.17, 15) is 4.79 Å². The standard InChI is InChI=1S/C18H19N3O2/c1-11-8-13-10-16(23-15(13)9-12(11)2)18(22)21-7-3-4-14(21)17-19-5-6-20-17/h5-6,8-10,14H,3-4,7H2,1-2H3,(H,19,20)/t14-/m1/s1. The summed E-state index contributed by atoms with van der Waals surface area (Å²) in [6, 6.07) is 5.92. The Bertz CT molecular complexity index is 825. The van der Waals surface area contributed by atoms with Crippen molar-refractivity contribution in [2.75, 3.05) is 6.54 Å². The highest BCUT2D eigenvalue weighted by molar-refractivity contribution is 5.96. The molecule has 1 atom stereocenters. The van der Waals surface area contributed by atoms with Crippen LogP contribution in [0.4, 0.5) is 0 Å². The molecule has 0 spiro atoms. The topological polar surface area (TPSA) is 62.1 Å². The molecule has 1 N–H and O–H groups in total. The highest BCUT2D eigenvalue weighted by atomic mass is 16.3.